The predicted octanol–water partition coefficient (Wildman–Crippen LogP) is 7.69. The number of anilines is 1. The molecule has 0 bridgehead atoms. The number of allylic oxidation sites excluding steroid dienone is 2. The zero-order valence-electron chi connectivity index (χ0n) is 20.5. The van der Waals surface area contributed by atoms with Gasteiger partial charge < -0.3 is 15.4 Å². The second-order valence-electron chi connectivity index (χ2n) is 7.47. The molecule has 170 valence electrons. The van der Waals surface area contributed by atoms with Crippen LogP contribution in [0.3, 0.4) is 0 Å². The SMILES string of the molecule is CC/C=C(\C)NC1=NC(c2cccc(OC)c2)Nc2ccccc21.CCC.CCCC. The molecule has 1 atom stereocenters. The largest absolute Gasteiger partial charge is 0.497 e. The molecular weight excluding hydrogens is 382 g/mol. The van der Waals surface area contributed by atoms with Gasteiger partial charge in [-0.05, 0) is 37.6 Å². The number of aliphatic imine (C=N–C) groups is 1. The van der Waals surface area contributed by atoms with E-state index >= 15 is 0 Å². The monoisotopic (exact) mass is 423 g/mol. The number of benzene rings is 2. The van der Waals surface area contributed by atoms with Crippen molar-refractivity contribution in [1.82, 2.24) is 5.32 Å². The zero-order valence-corrected chi connectivity index (χ0v) is 20.5. The van der Waals surface area contributed by atoms with E-state index in [1.165, 1.54) is 19.3 Å². The standard InChI is InChI=1S/C20H23N3O.C4H10.C3H8/c1-4-8-14(2)21-20-17-11-5-6-12-18(17)22-19(23-20)15-9-7-10-16(13-15)24-3;1-3-4-2;1-3-2/h5-13,19,22H,4H2,1-3H3,(H,21,23);3-4H2,1-2H3;3H2,1-2H3/b14-8+;;. The number of amidine groups is 1. The fraction of sp³-hybridized carbons (Fsp3) is 0.444. The van der Waals surface area contributed by atoms with Crippen molar-refractivity contribution in [2.45, 2.75) is 73.4 Å². The van der Waals surface area contributed by atoms with Crippen LogP contribution in [0.25, 0.3) is 0 Å². The number of rotatable bonds is 5. The van der Waals surface area contributed by atoms with Gasteiger partial charge in [-0.25, -0.2) is 4.99 Å². The highest BCUT2D eigenvalue weighted by Crippen LogP contribution is 2.30. The van der Waals surface area contributed by atoms with E-state index in [1.807, 2.05) is 30.3 Å². The molecule has 0 amide bonds. The lowest BCUT2D eigenvalue weighted by atomic mass is 10.1. The minimum Gasteiger partial charge on any atom is -0.497 e. The second-order valence-corrected chi connectivity index (χ2v) is 7.47. The summed E-state index contributed by atoms with van der Waals surface area (Å²) in [6, 6.07) is 16.2. The van der Waals surface area contributed by atoms with Gasteiger partial charge in [0.1, 0.15) is 17.8 Å². The van der Waals surface area contributed by atoms with Crippen LogP contribution in [0.15, 0.2) is 65.3 Å². The Labute approximate surface area is 189 Å². The highest BCUT2D eigenvalue weighted by atomic mass is 16.5. The smallest absolute Gasteiger partial charge is 0.147 e. The van der Waals surface area contributed by atoms with Gasteiger partial charge in [-0.1, -0.05) is 84.2 Å². The molecule has 3 rings (SSSR count). The van der Waals surface area contributed by atoms with Crippen molar-refractivity contribution >= 4 is 11.5 Å². The first-order valence-corrected chi connectivity index (χ1v) is 11.6. The maximum atomic E-state index is 5.34. The zero-order chi connectivity index (χ0) is 23.1. The van der Waals surface area contributed by atoms with Crippen molar-refractivity contribution in [1.29, 1.82) is 0 Å². The molecule has 0 radical (unpaired) electrons. The molecule has 2 aromatic carbocycles. The van der Waals surface area contributed by atoms with E-state index in [1.54, 1.807) is 7.11 Å². The van der Waals surface area contributed by atoms with E-state index in [2.05, 4.69) is 76.5 Å². The second kappa shape index (κ2) is 15.1. The van der Waals surface area contributed by atoms with E-state index in [-0.39, 0.29) is 6.17 Å². The molecule has 4 heteroatoms. The van der Waals surface area contributed by atoms with Crippen molar-refractivity contribution in [2.75, 3.05) is 12.4 Å². The van der Waals surface area contributed by atoms with Gasteiger partial charge in [0.15, 0.2) is 0 Å². The van der Waals surface area contributed by atoms with Gasteiger partial charge in [-0.2, -0.15) is 0 Å². The first-order chi connectivity index (χ1) is 15.0. The summed E-state index contributed by atoms with van der Waals surface area (Å²) in [4.78, 5) is 4.89. The lowest BCUT2D eigenvalue weighted by Gasteiger charge is -2.26. The van der Waals surface area contributed by atoms with Crippen molar-refractivity contribution in [2.24, 2.45) is 4.99 Å². The van der Waals surface area contributed by atoms with Gasteiger partial charge in [0.2, 0.25) is 0 Å². The molecule has 0 saturated carbocycles. The molecule has 2 aromatic rings. The number of methoxy groups -OCH3 is 1. The summed E-state index contributed by atoms with van der Waals surface area (Å²) in [5, 5.41) is 6.94. The van der Waals surface area contributed by atoms with Crippen molar-refractivity contribution in [3.05, 3.63) is 71.4 Å². The Hall–Kier alpha value is -2.75. The minimum absolute atomic E-state index is 0.146. The molecule has 0 fully saturated rings. The molecule has 31 heavy (non-hydrogen) atoms. The summed E-state index contributed by atoms with van der Waals surface area (Å²) in [6.07, 6.45) is 6.89. The van der Waals surface area contributed by atoms with Gasteiger partial charge in [0.05, 0.1) is 7.11 Å². The Balaban J connectivity index is 0.000000604. The fourth-order valence-electron chi connectivity index (χ4n) is 2.81. The van der Waals surface area contributed by atoms with Crippen LogP contribution < -0.4 is 15.4 Å². The quantitative estimate of drug-likeness (QED) is 0.518. The number of hydrogen-bond donors (Lipinski definition) is 2. The number of para-hydroxylation sites is 1. The van der Waals surface area contributed by atoms with Crippen LogP contribution >= 0.6 is 0 Å². The molecular formula is C27H41N3O. The fourth-order valence-corrected chi connectivity index (χ4v) is 2.81. The van der Waals surface area contributed by atoms with Crippen LogP contribution in [0.4, 0.5) is 5.69 Å². The Morgan fingerprint density at radius 3 is 2.32 bits per heavy atom. The van der Waals surface area contributed by atoms with Crippen LogP contribution in [-0.4, -0.2) is 12.9 Å². The lowest BCUT2D eigenvalue weighted by molar-refractivity contribution is 0.414. The van der Waals surface area contributed by atoms with Crippen LogP contribution in [0.2, 0.25) is 0 Å². The Bertz CT molecular complexity index is 825. The topological polar surface area (TPSA) is 45.7 Å². The molecule has 1 heterocycles. The maximum absolute atomic E-state index is 5.34. The average Bonchev–Trinajstić information content (AvgIpc) is 2.80. The molecule has 4 nitrogen and oxygen atoms in total. The van der Waals surface area contributed by atoms with Gasteiger partial charge in [0.25, 0.3) is 0 Å². The average molecular weight is 424 g/mol. The minimum atomic E-state index is -0.146. The maximum Gasteiger partial charge on any atom is 0.147 e. The van der Waals surface area contributed by atoms with E-state index in [9.17, 15) is 0 Å². The van der Waals surface area contributed by atoms with E-state index in [0.29, 0.717) is 0 Å². The first-order valence-electron chi connectivity index (χ1n) is 11.6. The number of nitrogens with zero attached hydrogens (tertiary/aromatic N) is 1. The molecule has 0 saturated heterocycles. The molecule has 0 spiro atoms. The third kappa shape index (κ3) is 8.87. The van der Waals surface area contributed by atoms with Gasteiger partial charge in [0, 0.05) is 22.5 Å². The van der Waals surface area contributed by atoms with Crippen LogP contribution in [0, 0.1) is 0 Å². The number of nitrogens with one attached hydrogen (secondary N) is 2. The van der Waals surface area contributed by atoms with Crippen LogP contribution in [0.5, 0.6) is 5.75 Å². The lowest BCUT2D eigenvalue weighted by Crippen LogP contribution is -2.29. The van der Waals surface area contributed by atoms with Gasteiger partial charge >= 0.3 is 0 Å². The summed E-state index contributed by atoms with van der Waals surface area (Å²) in [6.45, 7) is 12.8. The predicted molar refractivity (Wildman–Crippen MR) is 136 cm³/mol. The summed E-state index contributed by atoms with van der Waals surface area (Å²) < 4.78 is 5.34. The first kappa shape index (κ1) is 26.3. The molecule has 2 N–H and O–H groups in total. The van der Waals surface area contributed by atoms with Gasteiger partial charge in [-0.15, -0.1) is 0 Å². The number of fused-ring (bicyclic) bond motifs is 1. The number of hydrogen-bond acceptors (Lipinski definition) is 4. The van der Waals surface area contributed by atoms with Crippen molar-refractivity contribution < 1.29 is 4.74 Å². The summed E-state index contributed by atoms with van der Waals surface area (Å²) >= 11 is 0. The van der Waals surface area contributed by atoms with E-state index < -0.39 is 0 Å². The third-order valence-corrected chi connectivity index (χ3v) is 4.47. The Morgan fingerprint density at radius 1 is 1.03 bits per heavy atom. The molecule has 1 unspecified atom stereocenters. The molecule has 1 aliphatic rings. The van der Waals surface area contributed by atoms with Crippen LogP contribution in [-0.2, 0) is 0 Å². The van der Waals surface area contributed by atoms with Gasteiger partial charge in [-0.3, -0.25) is 0 Å². The van der Waals surface area contributed by atoms with E-state index in [0.717, 1.165) is 40.5 Å². The molecule has 1 aliphatic heterocycles. The Kier molecular flexibility index (Phi) is 12.8. The summed E-state index contributed by atoms with van der Waals surface area (Å²) in [7, 11) is 1.68. The highest BCUT2D eigenvalue weighted by molar-refractivity contribution is 6.05. The van der Waals surface area contributed by atoms with Crippen molar-refractivity contribution in [3.8, 4) is 5.75 Å². The highest BCUT2D eigenvalue weighted by Gasteiger charge is 2.21. The van der Waals surface area contributed by atoms with Crippen LogP contribution in [0.1, 0.15) is 84.5 Å². The normalized spacial score (nSPS) is 14.5. The summed E-state index contributed by atoms with van der Waals surface area (Å²) in [5.74, 6) is 1.72. The molecule has 0 aromatic heterocycles. The van der Waals surface area contributed by atoms with E-state index in [4.69, 9.17) is 9.73 Å². The van der Waals surface area contributed by atoms with Crippen molar-refractivity contribution in [3.63, 3.8) is 0 Å². The molecule has 0 aliphatic carbocycles. The number of ether oxygens (including phenoxy) is 1. The number of unbranched alkanes of at least 4 members (excludes halogenated alkanes) is 1. The Morgan fingerprint density at radius 2 is 1.71 bits per heavy atom. The summed E-state index contributed by atoms with van der Waals surface area (Å²) in [5.41, 5.74) is 4.34. The third-order valence-electron chi connectivity index (χ3n) is 4.47.